The second kappa shape index (κ2) is 6.32. The normalized spacial score (nSPS) is 11.0. The molecule has 0 amide bonds. The molecule has 0 aliphatic rings. The maximum atomic E-state index is 12.2. The number of rotatable bonds is 5. The molecular weight excluding hydrogens is 296 g/mol. The molecule has 2 aromatic heterocycles. The number of fused-ring (bicyclic) bond motifs is 1. The van der Waals surface area contributed by atoms with Crippen LogP contribution in [0, 0.1) is 0 Å². The summed E-state index contributed by atoms with van der Waals surface area (Å²) in [5, 5.41) is 6.90. The van der Waals surface area contributed by atoms with Crippen molar-refractivity contribution in [1.29, 1.82) is 0 Å². The predicted octanol–water partition coefficient (Wildman–Crippen LogP) is 4.30. The molecule has 0 unspecified atom stereocenters. The minimum absolute atomic E-state index is 0.336. The van der Waals surface area contributed by atoms with Crippen LogP contribution in [0.4, 0.5) is 5.69 Å². The monoisotopic (exact) mass is 314 g/mol. The van der Waals surface area contributed by atoms with Crippen LogP contribution in [0.25, 0.3) is 21.5 Å². The third kappa shape index (κ3) is 2.90. The van der Waals surface area contributed by atoms with Crippen molar-refractivity contribution in [2.24, 2.45) is 0 Å². The van der Waals surface area contributed by atoms with Gasteiger partial charge in [-0.3, -0.25) is 0 Å². The molecule has 3 aromatic rings. The molecule has 3 rings (SSSR count). The SMILES string of the molecule is CCCNc1ccc2cc(-c3nc(CC)cs3)c(=O)oc2c1. The summed E-state index contributed by atoms with van der Waals surface area (Å²) in [5.41, 5.74) is 2.76. The van der Waals surface area contributed by atoms with E-state index in [1.807, 2.05) is 36.6 Å². The minimum Gasteiger partial charge on any atom is -0.422 e. The number of thiazole rings is 1. The summed E-state index contributed by atoms with van der Waals surface area (Å²) in [4.78, 5) is 16.7. The third-order valence-corrected chi connectivity index (χ3v) is 4.38. The van der Waals surface area contributed by atoms with Gasteiger partial charge >= 0.3 is 5.63 Å². The van der Waals surface area contributed by atoms with Crippen LogP contribution in [0.15, 0.2) is 38.9 Å². The van der Waals surface area contributed by atoms with Crippen LogP contribution in [0.3, 0.4) is 0 Å². The maximum absolute atomic E-state index is 12.2. The van der Waals surface area contributed by atoms with Gasteiger partial charge in [-0.1, -0.05) is 13.8 Å². The highest BCUT2D eigenvalue weighted by molar-refractivity contribution is 7.13. The lowest BCUT2D eigenvalue weighted by Gasteiger charge is -2.06. The van der Waals surface area contributed by atoms with Crippen LogP contribution < -0.4 is 10.9 Å². The lowest BCUT2D eigenvalue weighted by Crippen LogP contribution is -2.03. The van der Waals surface area contributed by atoms with Crippen molar-refractivity contribution in [1.82, 2.24) is 4.98 Å². The van der Waals surface area contributed by atoms with Crippen molar-refractivity contribution < 1.29 is 4.42 Å². The molecule has 0 bridgehead atoms. The molecule has 0 fully saturated rings. The molecule has 0 atom stereocenters. The third-order valence-electron chi connectivity index (χ3n) is 3.46. The Bertz CT molecular complexity index is 851. The van der Waals surface area contributed by atoms with E-state index in [4.69, 9.17) is 4.42 Å². The number of hydrogen-bond donors (Lipinski definition) is 1. The Balaban J connectivity index is 2.03. The van der Waals surface area contributed by atoms with Crippen molar-refractivity contribution in [2.75, 3.05) is 11.9 Å². The van der Waals surface area contributed by atoms with Crippen LogP contribution in [-0.4, -0.2) is 11.5 Å². The first-order chi connectivity index (χ1) is 10.7. The van der Waals surface area contributed by atoms with Crippen LogP contribution in [0.2, 0.25) is 0 Å². The van der Waals surface area contributed by atoms with E-state index in [1.165, 1.54) is 11.3 Å². The van der Waals surface area contributed by atoms with Crippen LogP contribution in [0.5, 0.6) is 0 Å². The van der Waals surface area contributed by atoms with Gasteiger partial charge in [0.2, 0.25) is 0 Å². The highest BCUT2D eigenvalue weighted by Gasteiger charge is 2.11. The van der Waals surface area contributed by atoms with Crippen molar-refractivity contribution in [3.8, 4) is 10.6 Å². The molecule has 2 heterocycles. The van der Waals surface area contributed by atoms with E-state index in [9.17, 15) is 4.79 Å². The van der Waals surface area contributed by atoms with Crippen molar-refractivity contribution >= 4 is 28.0 Å². The predicted molar refractivity (Wildman–Crippen MR) is 91.8 cm³/mol. The van der Waals surface area contributed by atoms with Gasteiger partial charge in [0.15, 0.2) is 0 Å². The zero-order valence-electron chi connectivity index (χ0n) is 12.7. The lowest BCUT2D eigenvalue weighted by molar-refractivity contribution is 0.563. The Kier molecular flexibility index (Phi) is 4.24. The largest absolute Gasteiger partial charge is 0.422 e. The number of aryl methyl sites for hydroxylation is 1. The Morgan fingerprint density at radius 3 is 2.86 bits per heavy atom. The molecule has 1 N–H and O–H groups in total. The van der Waals surface area contributed by atoms with Gasteiger partial charge in [-0.2, -0.15) is 0 Å². The van der Waals surface area contributed by atoms with Gasteiger partial charge in [0.25, 0.3) is 0 Å². The minimum atomic E-state index is -0.336. The highest BCUT2D eigenvalue weighted by atomic mass is 32.1. The molecule has 22 heavy (non-hydrogen) atoms. The molecule has 0 aliphatic carbocycles. The van der Waals surface area contributed by atoms with Crippen molar-refractivity contribution in [3.63, 3.8) is 0 Å². The van der Waals surface area contributed by atoms with E-state index < -0.39 is 0 Å². The fourth-order valence-corrected chi connectivity index (χ4v) is 3.14. The average Bonchev–Trinajstić information content (AvgIpc) is 3.00. The average molecular weight is 314 g/mol. The first-order valence-corrected chi connectivity index (χ1v) is 8.35. The molecule has 0 saturated carbocycles. The van der Waals surface area contributed by atoms with Gasteiger partial charge in [0.05, 0.1) is 11.3 Å². The summed E-state index contributed by atoms with van der Waals surface area (Å²) >= 11 is 1.48. The van der Waals surface area contributed by atoms with E-state index in [1.54, 1.807) is 0 Å². The van der Waals surface area contributed by atoms with Crippen molar-refractivity contribution in [3.05, 3.63) is 45.8 Å². The lowest BCUT2D eigenvalue weighted by atomic mass is 10.1. The number of nitrogens with zero attached hydrogens (tertiary/aromatic N) is 1. The van der Waals surface area contributed by atoms with Crippen LogP contribution >= 0.6 is 11.3 Å². The van der Waals surface area contributed by atoms with E-state index in [2.05, 4.69) is 17.2 Å². The topological polar surface area (TPSA) is 55.1 Å². The summed E-state index contributed by atoms with van der Waals surface area (Å²) in [7, 11) is 0. The highest BCUT2D eigenvalue weighted by Crippen LogP contribution is 2.25. The summed E-state index contributed by atoms with van der Waals surface area (Å²) < 4.78 is 5.48. The van der Waals surface area contributed by atoms with Gasteiger partial charge in [-0.25, -0.2) is 9.78 Å². The molecule has 0 radical (unpaired) electrons. The summed E-state index contributed by atoms with van der Waals surface area (Å²) in [6.07, 6.45) is 1.91. The molecule has 114 valence electrons. The van der Waals surface area contributed by atoms with E-state index in [-0.39, 0.29) is 5.63 Å². The van der Waals surface area contributed by atoms with Gasteiger partial charge in [0.1, 0.15) is 10.6 Å². The molecule has 0 saturated heterocycles. The summed E-state index contributed by atoms with van der Waals surface area (Å²) in [6.45, 7) is 5.05. The fourth-order valence-electron chi connectivity index (χ4n) is 2.23. The van der Waals surface area contributed by atoms with Gasteiger partial charge in [0, 0.05) is 29.1 Å². The Labute approximate surface area is 132 Å². The van der Waals surface area contributed by atoms with E-state index >= 15 is 0 Å². The maximum Gasteiger partial charge on any atom is 0.346 e. The molecule has 0 spiro atoms. The second-order valence-corrected chi connectivity index (χ2v) is 5.98. The second-order valence-electron chi connectivity index (χ2n) is 5.12. The zero-order chi connectivity index (χ0) is 15.5. The Hall–Kier alpha value is -2.14. The van der Waals surface area contributed by atoms with E-state index in [0.29, 0.717) is 11.1 Å². The van der Waals surface area contributed by atoms with Gasteiger partial charge in [-0.15, -0.1) is 11.3 Å². The Morgan fingerprint density at radius 1 is 1.27 bits per heavy atom. The fraction of sp³-hybridized carbons (Fsp3) is 0.294. The molecular formula is C17H18N2O2S. The van der Waals surface area contributed by atoms with Gasteiger partial charge in [-0.05, 0) is 31.0 Å². The number of nitrogens with one attached hydrogen (secondary N) is 1. The van der Waals surface area contributed by atoms with Crippen molar-refractivity contribution in [2.45, 2.75) is 26.7 Å². The number of aromatic nitrogens is 1. The number of anilines is 1. The van der Waals surface area contributed by atoms with Gasteiger partial charge < -0.3 is 9.73 Å². The molecule has 5 heteroatoms. The van der Waals surface area contributed by atoms with E-state index in [0.717, 1.165) is 41.2 Å². The molecule has 1 aromatic carbocycles. The first-order valence-electron chi connectivity index (χ1n) is 7.47. The summed E-state index contributed by atoms with van der Waals surface area (Å²) in [5.74, 6) is 0. The molecule has 0 aliphatic heterocycles. The first kappa shape index (κ1) is 14.8. The number of hydrogen-bond acceptors (Lipinski definition) is 5. The molecule has 4 nitrogen and oxygen atoms in total. The smallest absolute Gasteiger partial charge is 0.346 e. The quantitative estimate of drug-likeness (QED) is 0.713. The standard InChI is InChI=1S/C17H18N2O2S/c1-3-7-18-13-6-5-11-8-14(17(20)21-15(11)9-13)16-19-12(4-2)10-22-16/h5-6,8-10,18H,3-4,7H2,1-2H3. The number of benzene rings is 1. The van der Waals surface area contributed by atoms with Crippen LogP contribution in [0.1, 0.15) is 26.0 Å². The Morgan fingerprint density at radius 2 is 2.14 bits per heavy atom. The van der Waals surface area contributed by atoms with Crippen LogP contribution in [-0.2, 0) is 6.42 Å². The zero-order valence-corrected chi connectivity index (χ0v) is 13.5. The summed E-state index contributed by atoms with van der Waals surface area (Å²) in [6, 6.07) is 7.70.